The molecule has 0 radical (unpaired) electrons. The molecule has 0 amide bonds. The first-order valence-corrected chi connectivity index (χ1v) is 4.27. The van der Waals surface area contributed by atoms with Crippen molar-refractivity contribution in [3.8, 4) is 0 Å². The highest BCUT2D eigenvalue weighted by Crippen LogP contribution is 2.09. The molecule has 0 atom stereocenters. The minimum absolute atomic E-state index is 0.129. The molecular weight excluding hydrogens is 196 g/mol. The van der Waals surface area contributed by atoms with Gasteiger partial charge in [0.2, 0.25) is 0 Å². The zero-order valence-electron chi connectivity index (χ0n) is 8.23. The second-order valence-electron chi connectivity index (χ2n) is 2.96. The Morgan fingerprint density at radius 3 is 2.53 bits per heavy atom. The van der Waals surface area contributed by atoms with Gasteiger partial charge >= 0.3 is 0 Å². The quantitative estimate of drug-likeness (QED) is 0.389. The number of anilines is 1. The Balaban J connectivity index is 2.75. The fourth-order valence-electron chi connectivity index (χ4n) is 1.00. The molecular formula is C9H12N4O2. The molecule has 0 aliphatic carbocycles. The molecule has 15 heavy (non-hydrogen) atoms. The third kappa shape index (κ3) is 3.65. The molecule has 0 heterocycles. The highest BCUT2D eigenvalue weighted by Gasteiger charge is 2.00. The molecule has 0 aromatic heterocycles. The lowest BCUT2D eigenvalue weighted by atomic mass is 10.2. The van der Waals surface area contributed by atoms with E-state index in [-0.39, 0.29) is 5.82 Å². The molecule has 0 aliphatic heterocycles. The maximum atomic E-state index is 10.2. The Kier molecular flexibility index (Phi) is 3.64. The average Bonchev–Trinajstić information content (AvgIpc) is 2.19. The van der Waals surface area contributed by atoms with Crippen LogP contribution < -0.4 is 16.6 Å². The second-order valence-corrected chi connectivity index (χ2v) is 2.96. The van der Waals surface area contributed by atoms with E-state index in [1.165, 1.54) is 0 Å². The van der Waals surface area contributed by atoms with Gasteiger partial charge in [0.05, 0.1) is 4.92 Å². The number of benzene rings is 1. The minimum Gasteiger partial charge on any atom is -0.336 e. The fraction of sp³-hybridized carbons (Fsp3) is 0.111. The van der Waals surface area contributed by atoms with Crippen molar-refractivity contribution in [2.24, 2.45) is 5.84 Å². The number of nitro groups is 1. The van der Waals surface area contributed by atoms with Crippen LogP contribution in [0.4, 0.5) is 5.69 Å². The smallest absolute Gasteiger partial charge is 0.275 e. The number of nitrogens with two attached hydrogens (primary N) is 1. The summed E-state index contributed by atoms with van der Waals surface area (Å²) < 4.78 is 0. The summed E-state index contributed by atoms with van der Waals surface area (Å²) >= 11 is 0. The Labute approximate surface area is 86.9 Å². The first-order valence-electron chi connectivity index (χ1n) is 4.27. The molecule has 0 aliphatic rings. The van der Waals surface area contributed by atoms with Crippen LogP contribution in [0, 0.1) is 17.0 Å². The first kappa shape index (κ1) is 11.0. The van der Waals surface area contributed by atoms with Gasteiger partial charge in [-0.1, -0.05) is 17.7 Å². The van der Waals surface area contributed by atoms with Gasteiger partial charge in [-0.05, 0) is 19.1 Å². The lowest BCUT2D eigenvalue weighted by Crippen LogP contribution is -2.27. The summed E-state index contributed by atoms with van der Waals surface area (Å²) in [7, 11) is 0. The van der Waals surface area contributed by atoms with E-state index in [0.29, 0.717) is 0 Å². The summed E-state index contributed by atoms with van der Waals surface area (Å²) in [6.07, 6.45) is 0.764. The maximum Gasteiger partial charge on any atom is 0.275 e. The Morgan fingerprint density at radius 1 is 1.47 bits per heavy atom. The van der Waals surface area contributed by atoms with E-state index in [1.54, 1.807) is 12.1 Å². The van der Waals surface area contributed by atoms with Crippen LogP contribution in [-0.4, -0.2) is 4.92 Å². The number of nitrogens with zero attached hydrogens (tertiary/aromatic N) is 1. The molecule has 1 aromatic carbocycles. The van der Waals surface area contributed by atoms with Crippen LogP contribution in [0.3, 0.4) is 0 Å². The molecule has 0 spiro atoms. The topological polar surface area (TPSA) is 93.2 Å². The van der Waals surface area contributed by atoms with Crippen molar-refractivity contribution in [2.75, 3.05) is 5.32 Å². The number of hydrogen-bond acceptors (Lipinski definition) is 5. The Hall–Kier alpha value is -2.08. The van der Waals surface area contributed by atoms with E-state index in [0.717, 1.165) is 17.5 Å². The number of hydrazine groups is 1. The summed E-state index contributed by atoms with van der Waals surface area (Å²) in [6.45, 7) is 1.96. The van der Waals surface area contributed by atoms with Crippen molar-refractivity contribution in [1.29, 1.82) is 0 Å². The number of aryl methyl sites for hydroxylation is 1. The van der Waals surface area contributed by atoms with Gasteiger partial charge in [0.15, 0.2) is 5.82 Å². The summed E-state index contributed by atoms with van der Waals surface area (Å²) in [6, 6.07) is 7.40. The standard InChI is InChI=1S/C9H12N4O2/c1-7-2-4-8(5-3-7)11-9(12-10)6-13(14)15/h2-6,11-12H,10H2,1H3. The van der Waals surface area contributed by atoms with E-state index in [1.807, 2.05) is 19.1 Å². The summed E-state index contributed by atoms with van der Waals surface area (Å²) in [5, 5.41) is 13.0. The maximum absolute atomic E-state index is 10.2. The molecule has 4 N–H and O–H groups in total. The van der Waals surface area contributed by atoms with Gasteiger partial charge in [0.25, 0.3) is 6.20 Å². The normalized spacial score (nSPS) is 10.9. The van der Waals surface area contributed by atoms with Crippen molar-refractivity contribution in [3.63, 3.8) is 0 Å². The van der Waals surface area contributed by atoms with E-state index in [4.69, 9.17) is 5.84 Å². The third-order valence-electron chi connectivity index (χ3n) is 1.72. The number of rotatable bonds is 4. The monoisotopic (exact) mass is 208 g/mol. The lowest BCUT2D eigenvalue weighted by molar-refractivity contribution is -0.403. The Morgan fingerprint density at radius 2 is 2.07 bits per heavy atom. The molecule has 6 heteroatoms. The summed E-state index contributed by atoms with van der Waals surface area (Å²) in [5.41, 5.74) is 4.05. The van der Waals surface area contributed by atoms with Crippen molar-refractivity contribution >= 4 is 5.69 Å². The van der Waals surface area contributed by atoms with Crippen LogP contribution in [-0.2, 0) is 0 Å². The second kappa shape index (κ2) is 4.97. The van der Waals surface area contributed by atoms with E-state index >= 15 is 0 Å². The van der Waals surface area contributed by atoms with Crippen molar-refractivity contribution in [2.45, 2.75) is 6.92 Å². The van der Waals surface area contributed by atoms with Crippen molar-refractivity contribution in [3.05, 3.63) is 52.0 Å². The van der Waals surface area contributed by atoms with E-state index in [9.17, 15) is 10.1 Å². The van der Waals surface area contributed by atoms with Crippen LogP contribution in [0.5, 0.6) is 0 Å². The highest BCUT2D eigenvalue weighted by molar-refractivity contribution is 5.48. The Bertz CT molecular complexity index is 372. The lowest BCUT2D eigenvalue weighted by Gasteiger charge is -2.07. The zero-order chi connectivity index (χ0) is 11.3. The average molecular weight is 208 g/mol. The van der Waals surface area contributed by atoms with Crippen LogP contribution in [0.1, 0.15) is 5.56 Å². The van der Waals surface area contributed by atoms with Crippen LogP contribution in [0.25, 0.3) is 0 Å². The predicted octanol–water partition coefficient (Wildman–Crippen LogP) is 0.946. The van der Waals surface area contributed by atoms with E-state index in [2.05, 4.69) is 10.7 Å². The van der Waals surface area contributed by atoms with Crippen LogP contribution >= 0.6 is 0 Å². The van der Waals surface area contributed by atoms with Gasteiger partial charge in [-0.3, -0.25) is 10.1 Å². The molecule has 0 bridgehead atoms. The van der Waals surface area contributed by atoms with Crippen LogP contribution in [0.15, 0.2) is 36.3 Å². The number of nitrogens with one attached hydrogen (secondary N) is 2. The highest BCUT2D eigenvalue weighted by atomic mass is 16.6. The summed E-state index contributed by atoms with van der Waals surface area (Å²) in [5.74, 6) is 5.24. The minimum atomic E-state index is -0.587. The van der Waals surface area contributed by atoms with Crippen LogP contribution in [0.2, 0.25) is 0 Å². The number of hydrogen-bond donors (Lipinski definition) is 3. The van der Waals surface area contributed by atoms with Crippen molar-refractivity contribution < 1.29 is 4.92 Å². The molecule has 6 nitrogen and oxygen atoms in total. The molecule has 0 unspecified atom stereocenters. The van der Waals surface area contributed by atoms with Gasteiger partial charge in [-0.2, -0.15) is 0 Å². The largest absolute Gasteiger partial charge is 0.336 e. The third-order valence-corrected chi connectivity index (χ3v) is 1.72. The fourth-order valence-corrected chi connectivity index (χ4v) is 1.00. The van der Waals surface area contributed by atoms with E-state index < -0.39 is 4.92 Å². The predicted molar refractivity (Wildman–Crippen MR) is 57.2 cm³/mol. The van der Waals surface area contributed by atoms with Gasteiger partial charge in [-0.15, -0.1) is 0 Å². The van der Waals surface area contributed by atoms with Crippen molar-refractivity contribution in [1.82, 2.24) is 5.43 Å². The first-order chi connectivity index (χ1) is 7.11. The molecule has 0 fully saturated rings. The summed E-state index contributed by atoms with van der Waals surface area (Å²) in [4.78, 5) is 9.62. The molecule has 1 aromatic rings. The molecule has 80 valence electrons. The molecule has 0 saturated heterocycles. The zero-order valence-corrected chi connectivity index (χ0v) is 8.23. The molecule has 0 saturated carbocycles. The van der Waals surface area contributed by atoms with Gasteiger partial charge in [-0.25, -0.2) is 5.84 Å². The van der Waals surface area contributed by atoms with Gasteiger partial charge in [0.1, 0.15) is 0 Å². The SMILES string of the molecule is Cc1ccc(NC(=C[N+](=O)[O-])NN)cc1. The van der Waals surface area contributed by atoms with Gasteiger partial charge in [0, 0.05) is 5.69 Å². The van der Waals surface area contributed by atoms with Gasteiger partial charge < -0.3 is 10.7 Å². The molecule has 1 rings (SSSR count).